The Morgan fingerprint density at radius 3 is 2.73 bits per heavy atom. The van der Waals surface area contributed by atoms with E-state index in [1.54, 1.807) is 25.4 Å². The number of hydrogen-bond donors (Lipinski definition) is 2. The number of hydrogen-bond acceptors (Lipinski definition) is 4. The zero-order valence-electron chi connectivity index (χ0n) is 12.3. The average Bonchev–Trinajstić information content (AvgIpc) is 3.07. The number of esters is 1. The molecule has 0 saturated carbocycles. The van der Waals surface area contributed by atoms with Gasteiger partial charge < -0.3 is 19.8 Å². The second-order valence-electron chi connectivity index (χ2n) is 4.57. The van der Waals surface area contributed by atoms with Crippen molar-refractivity contribution in [3.8, 4) is 5.75 Å². The second-order valence-corrected chi connectivity index (χ2v) is 4.57. The first-order chi connectivity index (χ1) is 10.7. The Balaban J connectivity index is 1.71. The number of nitrogens with one attached hydrogen (secondary N) is 2. The molecule has 0 radical (unpaired) electrons. The number of aromatic nitrogens is 1. The summed E-state index contributed by atoms with van der Waals surface area (Å²) >= 11 is 0. The van der Waals surface area contributed by atoms with Crippen LogP contribution in [0.4, 0.5) is 0 Å². The van der Waals surface area contributed by atoms with Crippen LogP contribution in [0.15, 0.2) is 42.6 Å². The van der Waals surface area contributed by atoms with Crippen molar-refractivity contribution in [1.29, 1.82) is 0 Å². The van der Waals surface area contributed by atoms with Gasteiger partial charge in [0.2, 0.25) is 0 Å². The van der Waals surface area contributed by atoms with Crippen molar-refractivity contribution in [3.63, 3.8) is 0 Å². The highest BCUT2D eigenvalue weighted by Crippen LogP contribution is 2.17. The van der Waals surface area contributed by atoms with E-state index in [0.717, 1.165) is 11.3 Å². The molecule has 2 rings (SSSR count). The molecule has 0 unspecified atom stereocenters. The van der Waals surface area contributed by atoms with Crippen LogP contribution in [0.25, 0.3) is 0 Å². The molecular formula is C16H18N2O4. The Labute approximate surface area is 128 Å². The van der Waals surface area contributed by atoms with Gasteiger partial charge in [-0.2, -0.15) is 0 Å². The van der Waals surface area contributed by atoms with Crippen molar-refractivity contribution in [2.24, 2.45) is 0 Å². The van der Waals surface area contributed by atoms with Crippen molar-refractivity contribution in [3.05, 3.63) is 53.9 Å². The molecule has 2 N–H and O–H groups in total. The molecule has 0 spiro atoms. The fourth-order valence-corrected chi connectivity index (χ4v) is 1.96. The molecule has 6 nitrogen and oxygen atoms in total. The van der Waals surface area contributed by atoms with E-state index >= 15 is 0 Å². The summed E-state index contributed by atoms with van der Waals surface area (Å²) in [7, 11) is 1.61. The van der Waals surface area contributed by atoms with Crippen LogP contribution in [0.5, 0.6) is 5.75 Å². The molecule has 22 heavy (non-hydrogen) atoms. The van der Waals surface area contributed by atoms with E-state index in [1.807, 2.05) is 24.3 Å². The lowest BCUT2D eigenvalue weighted by molar-refractivity contribution is -0.124. The Hall–Kier alpha value is -2.76. The van der Waals surface area contributed by atoms with Crippen LogP contribution >= 0.6 is 0 Å². The number of aromatic amines is 1. The summed E-state index contributed by atoms with van der Waals surface area (Å²) in [4.78, 5) is 25.9. The summed E-state index contributed by atoms with van der Waals surface area (Å²) < 4.78 is 10.1. The lowest BCUT2D eigenvalue weighted by Gasteiger charge is -2.09. The molecule has 0 bridgehead atoms. The first kappa shape index (κ1) is 15.6. The van der Waals surface area contributed by atoms with Crippen molar-refractivity contribution in [2.45, 2.75) is 6.42 Å². The SMILES string of the molecule is COc1ccccc1CCNC(=O)COC(=O)c1ccc[nH]1. The molecule has 0 saturated heterocycles. The Kier molecular flexibility index (Phi) is 5.59. The number of amides is 1. The maximum atomic E-state index is 11.6. The molecule has 2 aromatic rings. The zero-order chi connectivity index (χ0) is 15.8. The van der Waals surface area contributed by atoms with Gasteiger partial charge in [0.15, 0.2) is 6.61 Å². The van der Waals surface area contributed by atoms with Crippen molar-refractivity contribution in [1.82, 2.24) is 10.3 Å². The minimum Gasteiger partial charge on any atom is -0.496 e. The van der Waals surface area contributed by atoms with E-state index in [0.29, 0.717) is 18.7 Å². The standard InChI is InChI=1S/C16H18N2O4/c1-21-14-7-3-2-5-12(14)8-10-18-15(19)11-22-16(20)13-6-4-9-17-13/h2-7,9,17H,8,10-11H2,1H3,(H,18,19). The molecule has 0 fully saturated rings. The van der Waals surface area contributed by atoms with Crippen LogP contribution in [0, 0.1) is 0 Å². The lowest BCUT2D eigenvalue weighted by Crippen LogP contribution is -2.30. The molecule has 1 aromatic carbocycles. The highest BCUT2D eigenvalue weighted by atomic mass is 16.5. The van der Waals surface area contributed by atoms with Crippen molar-refractivity contribution < 1.29 is 19.1 Å². The maximum absolute atomic E-state index is 11.6. The van der Waals surface area contributed by atoms with Crippen molar-refractivity contribution >= 4 is 11.9 Å². The molecule has 1 heterocycles. The smallest absolute Gasteiger partial charge is 0.355 e. The Morgan fingerprint density at radius 1 is 1.18 bits per heavy atom. The predicted octanol–water partition coefficient (Wildman–Crippen LogP) is 1.54. The van der Waals surface area contributed by atoms with Gasteiger partial charge in [-0.15, -0.1) is 0 Å². The van der Waals surface area contributed by atoms with Gasteiger partial charge in [0, 0.05) is 12.7 Å². The summed E-state index contributed by atoms with van der Waals surface area (Å²) in [5.41, 5.74) is 1.33. The molecule has 6 heteroatoms. The zero-order valence-corrected chi connectivity index (χ0v) is 12.3. The van der Waals surface area contributed by atoms with E-state index in [1.165, 1.54) is 0 Å². The number of carbonyl (C=O) groups excluding carboxylic acids is 2. The number of benzene rings is 1. The van der Waals surface area contributed by atoms with E-state index in [4.69, 9.17) is 9.47 Å². The van der Waals surface area contributed by atoms with Gasteiger partial charge in [-0.05, 0) is 30.2 Å². The number of methoxy groups -OCH3 is 1. The van der Waals surface area contributed by atoms with Gasteiger partial charge in [-0.25, -0.2) is 4.79 Å². The van der Waals surface area contributed by atoms with E-state index in [2.05, 4.69) is 10.3 Å². The summed E-state index contributed by atoms with van der Waals surface area (Å²) in [6, 6.07) is 10.9. The minimum atomic E-state index is -0.551. The fraction of sp³-hybridized carbons (Fsp3) is 0.250. The summed E-state index contributed by atoms with van der Waals surface area (Å²) in [5, 5.41) is 2.70. The van der Waals surface area contributed by atoms with Crippen LogP contribution in [-0.4, -0.2) is 37.1 Å². The average molecular weight is 302 g/mol. The highest BCUT2D eigenvalue weighted by molar-refractivity contribution is 5.89. The number of rotatable bonds is 7. The molecule has 116 valence electrons. The molecule has 0 aliphatic rings. The van der Waals surface area contributed by atoms with E-state index < -0.39 is 5.97 Å². The highest BCUT2D eigenvalue weighted by Gasteiger charge is 2.10. The van der Waals surface area contributed by atoms with Gasteiger partial charge in [-0.3, -0.25) is 4.79 Å². The lowest BCUT2D eigenvalue weighted by atomic mass is 10.1. The predicted molar refractivity (Wildman–Crippen MR) is 80.8 cm³/mol. The van der Waals surface area contributed by atoms with E-state index in [-0.39, 0.29) is 12.5 Å². The van der Waals surface area contributed by atoms with Crippen LogP contribution in [-0.2, 0) is 16.0 Å². The number of carbonyl (C=O) groups is 2. The van der Waals surface area contributed by atoms with Gasteiger partial charge in [0.05, 0.1) is 7.11 Å². The number of para-hydroxylation sites is 1. The first-order valence-electron chi connectivity index (χ1n) is 6.90. The number of ether oxygens (including phenoxy) is 2. The Bertz CT molecular complexity index is 623. The van der Waals surface area contributed by atoms with Crippen molar-refractivity contribution in [2.75, 3.05) is 20.3 Å². The maximum Gasteiger partial charge on any atom is 0.355 e. The normalized spacial score (nSPS) is 10.0. The van der Waals surface area contributed by atoms with E-state index in [9.17, 15) is 9.59 Å². The third-order valence-electron chi connectivity index (χ3n) is 3.06. The third kappa shape index (κ3) is 4.37. The first-order valence-corrected chi connectivity index (χ1v) is 6.90. The van der Waals surface area contributed by atoms with Gasteiger partial charge in [0.25, 0.3) is 5.91 Å². The van der Waals surface area contributed by atoms with Gasteiger partial charge in [-0.1, -0.05) is 18.2 Å². The summed E-state index contributed by atoms with van der Waals surface area (Å²) in [6.07, 6.45) is 2.25. The molecule has 0 atom stereocenters. The Morgan fingerprint density at radius 2 is 2.00 bits per heavy atom. The largest absolute Gasteiger partial charge is 0.496 e. The fourth-order valence-electron chi connectivity index (χ4n) is 1.96. The molecular weight excluding hydrogens is 284 g/mol. The molecule has 0 aliphatic carbocycles. The quantitative estimate of drug-likeness (QED) is 0.760. The minimum absolute atomic E-state index is 0.302. The third-order valence-corrected chi connectivity index (χ3v) is 3.06. The monoisotopic (exact) mass is 302 g/mol. The van der Waals surface area contributed by atoms with Crippen LogP contribution in [0.1, 0.15) is 16.1 Å². The topological polar surface area (TPSA) is 80.4 Å². The summed E-state index contributed by atoms with van der Waals surface area (Å²) in [5.74, 6) is -0.102. The molecule has 0 aliphatic heterocycles. The van der Waals surface area contributed by atoms with Gasteiger partial charge >= 0.3 is 5.97 Å². The van der Waals surface area contributed by atoms with Crippen LogP contribution in [0.3, 0.4) is 0 Å². The number of H-pyrrole nitrogens is 1. The second kappa shape index (κ2) is 7.87. The summed E-state index contributed by atoms with van der Waals surface area (Å²) in [6.45, 7) is 0.142. The van der Waals surface area contributed by atoms with Gasteiger partial charge in [0.1, 0.15) is 11.4 Å². The molecule has 1 amide bonds. The van der Waals surface area contributed by atoms with Crippen LogP contribution in [0.2, 0.25) is 0 Å². The molecule has 1 aromatic heterocycles. The van der Waals surface area contributed by atoms with Crippen LogP contribution < -0.4 is 10.1 Å².